The predicted octanol–water partition coefficient (Wildman–Crippen LogP) is 7.45. The van der Waals surface area contributed by atoms with Crippen molar-refractivity contribution in [1.29, 1.82) is 0 Å². The maximum Gasteiger partial charge on any atom is 0.240 e. The van der Waals surface area contributed by atoms with Crippen LogP contribution in [0, 0.1) is 5.41 Å². The van der Waals surface area contributed by atoms with Crippen molar-refractivity contribution in [3.63, 3.8) is 0 Å². The van der Waals surface area contributed by atoms with E-state index in [2.05, 4.69) is 72.9 Å². The highest BCUT2D eigenvalue weighted by Gasteiger charge is 2.58. The maximum atomic E-state index is 10.6. The number of aryl methyl sites for hydroxylation is 1. The largest absolute Gasteiger partial charge is 0.325 e. The molecule has 2 aliphatic heterocycles. The van der Waals surface area contributed by atoms with E-state index in [0.29, 0.717) is 5.69 Å². The van der Waals surface area contributed by atoms with E-state index >= 15 is 0 Å². The predicted molar refractivity (Wildman–Crippen MR) is 136 cm³/mol. The van der Waals surface area contributed by atoms with Crippen molar-refractivity contribution in [2.45, 2.75) is 71.4 Å². The summed E-state index contributed by atoms with van der Waals surface area (Å²) in [5, 5.41) is 2.38. The molecule has 4 nitrogen and oxygen atoms in total. The lowest BCUT2D eigenvalue weighted by molar-refractivity contribution is 0.137. The standard InChI is InChI=1S/C27H33N3OS/c1-6-9-10-11-23-24-22(18-32-23)26(4,7-2)27(5,8-3)25-29(16-17-30(24)25)21-14-12-20(13-15-21)28-19-31/h7,12-18,25H,2,6,8-11H2,1,3-5H3/t25-,26?,27+/m1/s1. The van der Waals surface area contributed by atoms with Gasteiger partial charge in [-0.25, -0.2) is 4.79 Å². The summed E-state index contributed by atoms with van der Waals surface area (Å²) in [6, 6.07) is 7.83. The van der Waals surface area contributed by atoms with Gasteiger partial charge in [-0.1, -0.05) is 46.6 Å². The third kappa shape index (κ3) is 3.27. The van der Waals surface area contributed by atoms with E-state index in [0.717, 1.165) is 18.5 Å². The molecule has 0 amide bonds. The molecule has 5 heteroatoms. The number of unbranched alkanes of at least 4 members (excludes halogenated alkanes) is 2. The molecule has 2 aromatic rings. The second-order valence-electron chi connectivity index (χ2n) is 9.26. The molecule has 32 heavy (non-hydrogen) atoms. The lowest BCUT2D eigenvalue weighted by atomic mass is 9.56. The molecule has 3 heterocycles. The molecule has 0 saturated heterocycles. The average Bonchev–Trinajstić information content (AvgIpc) is 3.43. The molecule has 0 radical (unpaired) electrons. The van der Waals surface area contributed by atoms with Gasteiger partial charge >= 0.3 is 0 Å². The second-order valence-corrected chi connectivity index (χ2v) is 10.2. The van der Waals surface area contributed by atoms with Crippen LogP contribution in [-0.2, 0) is 16.6 Å². The Morgan fingerprint density at radius 2 is 1.88 bits per heavy atom. The van der Waals surface area contributed by atoms with Gasteiger partial charge in [-0.05, 0) is 54.5 Å². The van der Waals surface area contributed by atoms with E-state index in [1.54, 1.807) is 6.08 Å². The van der Waals surface area contributed by atoms with Gasteiger partial charge < -0.3 is 9.80 Å². The topological polar surface area (TPSA) is 35.9 Å². The fourth-order valence-electron chi connectivity index (χ4n) is 5.46. The van der Waals surface area contributed by atoms with Crippen molar-refractivity contribution in [3.8, 4) is 0 Å². The minimum atomic E-state index is -0.149. The van der Waals surface area contributed by atoms with Gasteiger partial charge in [0.05, 0.1) is 11.4 Å². The Bertz CT molecular complexity index is 1070. The summed E-state index contributed by atoms with van der Waals surface area (Å²) in [6.45, 7) is 13.6. The van der Waals surface area contributed by atoms with Crippen LogP contribution in [0.3, 0.4) is 0 Å². The molecule has 0 saturated carbocycles. The van der Waals surface area contributed by atoms with Crippen molar-refractivity contribution in [1.82, 2.24) is 0 Å². The number of rotatable bonds is 8. The van der Waals surface area contributed by atoms with Crippen molar-refractivity contribution < 1.29 is 4.79 Å². The third-order valence-corrected chi connectivity index (χ3v) is 8.84. The third-order valence-electron chi connectivity index (χ3n) is 7.80. The van der Waals surface area contributed by atoms with Gasteiger partial charge in [0.2, 0.25) is 6.08 Å². The van der Waals surface area contributed by atoms with Gasteiger partial charge in [0.25, 0.3) is 0 Å². The number of fused-ring (bicyclic) bond motifs is 3. The molecular formula is C27H33N3OS. The van der Waals surface area contributed by atoms with Crippen molar-refractivity contribution in [2.75, 3.05) is 9.80 Å². The number of isocyanates is 1. The van der Waals surface area contributed by atoms with Crippen LogP contribution in [0.4, 0.5) is 17.1 Å². The van der Waals surface area contributed by atoms with Gasteiger partial charge in [-0.2, -0.15) is 4.99 Å². The minimum Gasteiger partial charge on any atom is -0.325 e. The Labute approximate surface area is 196 Å². The molecule has 0 bridgehead atoms. The molecule has 3 atom stereocenters. The average molecular weight is 448 g/mol. The van der Waals surface area contributed by atoms with E-state index in [9.17, 15) is 4.79 Å². The molecule has 1 aromatic carbocycles. The van der Waals surface area contributed by atoms with Gasteiger partial charge in [0.15, 0.2) is 0 Å². The molecule has 2 aliphatic rings. The van der Waals surface area contributed by atoms with Crippen LogP contribution in [0.1, 0.15) is 63.8 Å². The highest BCUT2D eigenvalue weighted by atomic mass is 32.1. The van der Waals surface area contributed by atoms with Crippen LogP contribution in [0.5, 0.6) is 0 Å². The zero-order valence-electron chi connectivity index (χ0n) is 19.6. The minimum absolute atomic E-state index is 0.0629. The molecule has 0 N–H and O–H groups in total. The number of thiophene rings is 1. The van der Waals surface area contributed by atoms with Crippen LogP contribution in [0.15, 0.2) is 59.7 Å². The first kappa shape index (κ1) is 22.6. The van der Waals surface area contributed by atoms with Crippen LogP contribution in [0.2, 0.25) is 0 Å². The first-order valence-electron chi connectivity index (χ1n) is 11.6. The summed E-state index contributed by atoms with van der Waals surface area (Å²) in [6.07, 6.45) is 14.2. The number of benzene rings is 1. The molecule has 0 aliphatic carbocycles. The molecule has 168 valence electrons. The summed E-state index contributed by atoms with van der Waals surface area (Å²) in [7, 11) is 0. The smallest absolute Gasteiger partial charge is 0.240 e. The van der Waals surface area contributed by atoms with Gasteiger partial charge in [0.1, 0.15) is 6.17 Å². The summed E-state index contributed by atoms with van der Waals surface area (Å²) < 4.78 is 0. The Balaban J connectivity index is 1.82. The zero-order chi connectivity index (χ0) is 22.9. The first-order chi connectivity index (χ1) is 15.4. The molecular weight excluding hydrogens is 414 g/mol. The van der Waals surface area contributed by atoms with Crippen LogP contribution >= 0.6 is 11.3 Å². The number of hydrogen-bond donors (Lipinski definition) is 0. The summed E-state index contributed by atoms with van der Waals surface area (Å²) >= 11 is 1.91. The SMILES string of the molecule is C=CC1(C)c2csc(CCCCC)c2N2C=CN(c3ccc(N=C=O)cc3)[C@H]2[C@]1(C)CC. The normalized spacial score (nSPS) is 25.9. The fraction of sp³-hybridized carbons (Fsp3) is 0.444. The van der Waals surface area contributed by atoms with E-state index in [-0.39, 0.29) is 17.0 Å². The number of carbonyl (C=O) groups excluding carboxylic acids is 1. The Kier molecular flexibility index (Phi) is 6.15. The summed E-state index contributed by atoms with van der Waals surface area (Å²) in [5.74, 6) is 0. The van der Waals surface area contributed by atoms with E-state index in [1.165, 1.54) is 35.4 Å². The Morgan fingerprint density at radius 3 is 2.50 bits per heavy atom. The fourth-order valence-corrected chi connectivity index (χ4v) is 6.66. The monoisotopic (exact) mass is 447 g/mol. The maximum absolute atomic E-state index is 10.6. The van der Waals surface area contributed by atoms with Crippen LogP contribution < -0.4 is 9.80 Å². The highest BCUT2D eigenvalue weighted by Crippen LogP contribution is 2.60. The number of aliphatic imine (C=N–C) groups is 1. The Hall–Kier alpha value is -2.62. The number of allylic oxidation sites excluding steroid dienone is 1. The zero-order valence-corrected chi connectivity index (χ0v) is 20.4. The van der Waals surface area contributed by atoms with Crippen molar-refractivity contribution in [3.05, 3.63) is 65.1 Å². The first-order valence-corrected chi connectivity index (χ1v) is 12.5. The molecule has 1 unspecified atom stereocenters. The van der Waals surface area contributed by atoms with Crippen molar-refractivity contribution in [2.24, 2.45) is 10.4 Å². The number of anilines is 2. The quantitative estimate of drug-likeness (QED) is 0.182. The summed E-state index contributed by atoms with van der Waals surface area (Å²) in [4.78, 5) is 20.7. The molecule has 0 spiro atoms. The van der Waals surface area contributed by atoms with Gasteiger partial charge in [-0.15, -0.1) is 17.9 Å². The van der Waals surface area contributed by atoms with Crippen LogP contribution in [-0.4, -0.2) is 12.2 Å². The van der Waals surface area contributed by atoms with Gasteiger partial charge in [-0.3, -0.25) is 0 Å². The molecule has 0 fully saturated rings. The van der Waals surface area contributed by atoms with E-state index in [1.807, 2.05) is 35.6 Å². The molecule has 4 rings (SSSR count). The lowest BCUT2D eigenvalue weighted by Gasteiger charge is -2.57. The van der Waals surface area contributed by atoms with Gasteiger partial charge in [0, 0.05) is 33.8 Å². The summed E-state index contributed by atoms with van der Waals surface area (Å²) in [5.41, 5.74) is 4.30. The number of nitrogens with zero attached hydrogens (tertiary/aromatic N) is 3. The lowest BCUT2D eigenvalue weighted by Crippen LogP contribution is -2.61. The van der Waals surface area contributed by atoms with E-state index < -0.39 is 0 Å². The van der Waals surface area contributed by atoms with E-state index in [4.69, 9.17) is 0 Å². The van der Waals surface area contributed by atoms with Crippen LogP contribution in [0.25, 0.3) is 0 Å². The van der Waals surface area contributed by atoms with Crippen molar-refractivity contribution >= 4 is 34.5 Å². The Morgan fingerprint density at radius 1 is 1.16 bits per heavy atom. The molecule has 1 aromatic heterocycles. The highest BCUT2D eigenvalue weighted by molar-refractivity contribution is 7.10. The second kappa shape index (κ2) is 8.73. The number of hydrogen-bond acceptors (Lipinski definition) is 5.